The van der Waals surface area contributed by atoms with E-state index in [0.29, 0.717) is 30.6 Å². The smallest absolute Gasteiger partial charge is 0.298 e. The molecule has 2 aliphatic rings. The van der Waals surface area contributed by atoms with Gasteiger partial charge in [0.05, 0.1) is 32.0 Å². The van der Waals surface area contributed by atoms with Crippen molar-refractivity contribution < 1.29 is 13.5 Å². The van der Waals surface area contributed by atoms with Crippen molar-refractivity contribution in [2.24, 2.45) is 11.8 Å². The predicted molar refractivity (Wildman–Crippen MR) is 81.9 cm³/mol. The summed E-state index contributed by atoms with van der Waals surface area (Å²) < 4.78 is 35.6. The highest BCUT2D eigenvalue weighted by molar-refractivity contribution is 5.71. The largest absolute Gasteiger partial charge is 0.381 e. The lowest BCUT2D eigenvalue weighted by molar-refractivity contribution is 0.149. The molecule has 7 nitrogen and oxygen atoms in total. The Morgan fingerprint density at radius 3 is 2.64 bits per heavy atom. The van der Waals surface area contributed by atoms with Crippen molar-refractivity contribution >= 4 is 11.0 Å². The topological polar surface area (TPSA) is 74.8 Å². The molecule has 9 heteroatoms. The van der Waals surface area contributed by atoms with Gasteiger partial charge >= 0.3 is 0 Å². The summed E-state index contributed by atoms with van der Waals surface area (Å²) in [7, 11) is 0. The van der Waals surface area contributed by atoms with Crippen LogP contribution in [-0.2, 0) is 11.3 Å². The number of ether oxygens (including phenoxy) is 1. The summed E-state index contributed by atoms with van der Waals surface area (Å²) in [6.07, 6.45) is 1.47. The molecule has 1 aliphatic heterocycles. The number of fused-ring (bicyclic) bond motifs is 2. The summed E-state index contributed by atoms with van der Waals surface area (Å²) >= 11 is 0. The van der Waals surface area contributed by atoms with Gasteiger partial charge in [0.25, 0.3) is 5.56 Å². The lowest BCUT2D eigenvalue weighted by Gasteiger charge is -2.05. The monoisotopic (exact) mass is 345 g/mol. The van der Waals surface area contributed by atoms with Crippen molar-refractivity contribution in [3.8, 4) is 0 Å². The summed E-state index contributed by atoms with van der Waals surface area (Å²) in [4.78, 5) is 12.6. The minimum Gasteiger partial charge on any atom is -0.381 e. The van der Waals surface area contributed by atoms with Crippen LogP contribution < -0.4 is 5.56 Å². The van der Waals surface area contributed by atoms with Crippen LogP contribution in [0.3, 0.4) is 0 Å². The van der Waals surface area contributed by atoms with E-state index in [1.807, 2.05) is 0 Å². The van der Waals surface area contributed by atoms with E-state index in [1.165, 1.54) is 33.8 Å². The van der Waals surface area contributed by atoms with Gasteiger partial charge in [0, 0.05) is 17.4 Å². The first-order valence-electron chi connectivity index (χ1n) is 7.97. The third-order valence-corrected chi connectivity index (χ3v) is 4.97. The molecule has 128 valence electrons. The first-order valence-corrected chi connectivity index (χ1v) is 7.97. The van der Waals surface area contributed by atoms with Gasteiger partial charge in [-0.3, -0.25) is 9.48 Å². The summed E-state index contributed by atoms with van der Waals surface area (Å²) in [5, 5.41) is 12.2. The van der Waals surface area contributed by atoms with Crippen LogP contribution in [0.5, 0.6) is 0 Å². The zero-order valence-corrected chi connectivity index (χ0v) is 13.0. The highest BCUT2D eigenvalue weighted by atomic mass is 19.1. The van der Waals surface area contributed by atoms with Crippen molar-refractivity contribution in [3.63, 3.8) is 0 Å². The molecule has 1 saturated carbocycles. The van der Waals surface area contributed by atoms with Crippen LogP contribution in [0.4, 0.5) is 8.78 Å². The summed E-state index contributed by atoms with van der Waals surface area (Å²) in [6, 6.07) is 3.67. The van der Waals surface area contributed by atoms with Gasteiger partial charge in [-0.05, 0) is 12.1 Å². The Labute approximate surface area is 139 Å². The second-order valence-corrected chi connectivity index (χ2v) is 6.46. The molecule has 1 saturated heterocycles. The first-order chi connectivity index (χ1) is 12.1. The van der Waals surface area contributed by atoms with Crippen molar-refractivity contribution in [1.82, 2.24) is 24.8 Å². The molecule has 0 amide bonds. The lowest BCUT2D eigenvalue weighted by atomic mass is 10.2. The number of nitrogens with zero attached hydrogens (tertiary/aromatic N) is 5. The Bertz CT molecular complexity index is 1020. The Morgan fingerprint density at radius 1 is 1.20 bits per heavy atom. The van der Waals surface area contributed by atoms with Gasteiger partial charge in [-0.1, -0.05) is 11.3 Å². The fourth-order valence-electron chi connectivity index (χ4n) is 3.58. The van der Waals surface area contributed by atoms with Gasteiger partial charge in [0.15, 0.2) is 5.52 Å². The van der Waals surface area contributed by atoms with Crippen LogP contribution >= 0.6 is 0 Å². The summed E-state index contributed by atoms with van der Waals surface area (Å²) in [6.45, 7) is 1.13. The fraction of sp³-hybridized carbons (Fsp3) is 0.375. The maximum Gasteiger partial charge on any atom is 0.298 e. The van der Waals surface area contributed by atoms with Gasteiger partial charge in [-0.2, -0.15) is 5.10 Å². The van der Waals surface area contributed by atoms with Gasteiger partial charge in [0.1, 0.15) is 17.2 Å². The molecule has 1 aliphatic carbocycles. The molecule has 0 bridgehead atoms. The van der Waals surface area contributed by atoms with E-state index in [-0.39, 0.29) is 29.2 Å². The first kappa shape index (κ1) is 14.6. The van der Waals surface area contributed by atoms with Crippen LogP contribution in [0, 0.1) is 23.5 Å². The Kier molecular flexibility index (Phi) is 3.02. The molecule has 3 aromatic rings. The van der Waals surface area contributed by atoms with Crippen LogP contribution in [-0.4, -0.2) is 38.0 Å². The zero-order chi connectivity index (χ0) is 17.1. The third-order valence-electron chi connectivity index (χ3n) is 4.97. The maximum absolute atomic E-state index is 13.8. The highest BCUT2D eigenvalue weighted by Crippen LogP contribution is 2.53. The number of aromatic nitrogens is 5. The number of halogens is 2. The van der Waals surface area contributed by atoms with E-state index in [2.05, 4.69) is 15.4 Å². The molecule has 2 aromatic heterocycles. The number of hydrogen-bond acceptors (Lipinski definition) is 5. The Balaban J connectivity index is 1.52. The van der Waals surface area contributed by atoms with Crippen molar-refractivity contribution in [2.45, 2.75) is 12.6 Å². The fourth-order valence-corrected chi connectivity index (χ4v) is 3.58. The molecule has 25 heavy (non-hydrogen) atoms. The average molecular weight is 345 g/mol. The van der Waals surface area contributed by atoms with Crippen LogP contribution in [0.15, 0.2) is 29.2 Å². The molecule has 5 rings (SSSR count). The lowest BCUT2D eigenvalue weighted by Crippen LogP contribution is -2.26. The quantitative estimate of drug-likeness (QED) is 0.711. The molecule has 0 N–H and O–H groups in total. The van der Waals surface area contributed by atoms with Crippen LogP contribution in [0.25, 0.3) is 11.0 Å². The SMILES string of the molecule is O=c1c2nn(Cc3c(F)cccc3F)cc2nnn1C1[C@H]2COC[C@@H]12. The molecule has 0 spiro atoms. The van der Waals surface area contributed by atoms with Gasteiger partial charge in [0.2, 0.25) is 0 Å². The van der Waals surface area contributed by atoms with Gasteiger partial charge in [-0.15, -0.1) is 5.10 Å². The van der Waals surface area contributed by atoms with E-state index in [1.54, 1.807) is 0 Å². The second kappa shape index (κ2) is 5.16. The molecular weight excluding hydrogens is 332 g/mol. The third kappa shape index (κ3) is 2.19. The standard InChI is InChI=1S/C16H13F2N5O2/c17-11-2-1-3-12(18)8(11)4-22-5-13-14(20-22)16(24)23(21-19-13)15-9-6-25-7-10(9)15/h1-3,5,9-10,15H,4,6-7H2/t9-,10+,15?. The minimum absolute atomic E-state index is 0.00677. The maximum atomic E-state index is 13.8. The molecule has 1 unspecified atom stereocenters. The van der Waals surface area contributed by atoms with Crippen molar-refractivity contribution in [3.05, 3.63) is 51.9 Å². The molecule has 2 fully saturated rings. The van der Waals surface area contributed by atoms with Crippen LogP contribution in [0.2, 0.25) is 0 Å². The van der Waals surface area contributed by atoms with Crippen LogP contribution in [0.1, 0.15) is 11.6 Å². The Morgan fingerprint density at radius 2 is 1.92 bits per heavy atom. The van der Waals surface area contributed by atoms with E-state index in [0.717, 1.165) is 0 Å². The number of hydrogen-bond donors (Lipinski definition) is 0. The summed E-state index contributed by atoms with van der Waals surface area (Å²) in [5.74, 6) is -0.708. The number of benzene rings is 1. The molecule has 3 atom stereocenters. The van der Waals surface area contributed by atoms with Gasteiger partial charge in [-0.25, -0.2) is 13.5 Å². The highest BCUT2D eigenvalue weighted by Gasteiger charge is 2.56. The van der Waals surface area contributed by atoms with E-state index in [9.17, 15) is 13.6 Å². The predicted octanol–water partition coefficient (Wildman–Crippen LogP) is 1.13. The molecule has 0 radical (unpaired) electrons. The molecular formula is C16H13F2N5O2. The van der Waals surface area contributed by atoms with E-state index >= 15 is 0 Å². The number of rotatable bonds is 3. The van der Waals surface area contributed by atoms with E-state index < -0.39 is 11.6 Å². The molecule has 3 heterocycles. The normalized spacial score (nSPS) is 24.6. The Hall–Kier alpha value is -2.68. The van der Waals surface area contributed by atoms with Crippen molar-refractivity contribution in [2.75, 3.05) is 13.2 Å². The second-order valence-electron chi connectivity index (χ2n) is 6.46. The van der Waals surface area contributed by atoms with E-state index in [4.69, 9.17) is 4.74 Å². The average Bonchev–Trinajstić information content (AvgIpc) is 2.96. The molecule has 1 aromatic carbocycles. The van der Waals surface area contributed by atoms with Crippen molar-refractivity contribution in [1.29, 1.82) is 0 Å². The summed E-state index contributed by atoms with van der Waals surface area (Å²) in [5.41, 5.74) is 0.00677. The zero-order valence-electron chi connectivity index (χ0n) is 13.0. The van der Waals surface area contributed by atoms with Gasteiger partial charge < -0.3 is 4.74 Å². The minimum atomic E-state index is -0.658.